The van der Waals surface area contributed by atoms with Crippen molar-refractivity contribution >= 4 is 29.1 Å². The van der Waals surface area contributed by atoms with E-state index in [-0.39, 0.29) is 24.3 Å². The van der Waals surface area contributed by atoms with E-state index in [1.165, 1.54) is 0 Å². The van der Waals surface area contributed by atoms with Crippen molar-refractivity contribution in [3.05, 3.63) is 69.7 Å². The Morgan fingerprint density at radius 1 is 1.09 bits per heavy atom. The van der Waals surface area contributed by atoms with Crippen molar-refractivity contribution in [2.45, 2.75) is 70.2 Å². The van der Waals surface area contributed by atoms with Gasteiger partial charge in [-0.05, 0) is 61.6 Å². The lowest BCUT2D eigenvalue weighted by Crippen LogP contribution is -2.58. The molecule has 0 aliphatic carbocycles. The number of carbonyl (C=O) groups excluding carboxylic acids is 1. The Bertz CT molecular complexity index is 952. The minimum absolute atomic E-state index is 0.124. The molecule has 3 N–H and O–H groups in total. The fourth-order valence-electron chi connectivity index (χ4n) is 5.29. The average Bonchev–Trinajstić information content (AvgIpc) is 2.77. The highest BCUT2D eigenvalue weighted by molar-refractivity contribution is 6.30. The Labute approximate surface area is 206 Å². The quantitative estimate of drug-likeness (QED) is 0.485. The molecule has 1 fully saturated rings. The van der Waals surface area contributed by atoms with Crippen molar-refractivity contribution < 1.29 is 20.1 Å². The molecule has 6 atom stereocenters. The first-order chi connectivity index (χ1) is 15.6. The van der Waals surface area contributed by atoms with Crippen molar-refractivity contribution in [3.63, 3.8) is 0 Å². The highest BCUT2D eigenvalue weighted by Crippen LogP contribution is 2.52. The third-order valence-electron chi connectivity index (χ3n) is 6.82. The van der Waals surface area contributed by atoms with E-state index >= 15 is 0 Å². The summed E-state index contributed by atoms with van der Waals surface area (Å²) in [7, 11) is 0. The lowest BCUT2D eigenvalue weighted by atomic mass is 9.66. The standard InChI is InChI=1S/C26H33Cl2NO4/c1-4-23(16(2)31)29-24(17-8-10-19(27)11-9-17)22(18-6-5-7-20(28)12-18)14-26(3,25(29)33)13-21(32)15-30/h5-12,16,21-24,30-32H,4,13-15H2,1-3H3/t16-,21+,22?,23-,24+,26-/m0/s1. The number of nitrogens with zero attached hydrogens (tertiary/aromatic N) is 1. The van der Waals surface area contributed by atoms with Crippen LogP contribution in [0.4, 0.5) is 0 Å². The van der Waals surface area contributed by atoms with Gasteiger partial charge in [0.25, 0.3) is 0 Å². The van der Waals surface area contributed by atoms with Crippen LogP contribution in [0.1, 0.15) is 63.1 Å². The third-order valence-corrected chi connectivity index (χ3v) is 7.31. The number of amides is 1. The lowest BCUT2D eigenvalue weighted by molar-refractivity contribution is -0.161. The number of benzene rings is 2. The predicted molar refractivity (Wildman–Crippen MR) is 131 cm³/mol. The van der Waals surface area contributed by atoms with Gasteiger partial charge in [-0.2, -0.15) is 0 Å². The lowest BCUT2D eigenvalue weighted by Gasteiger charge is -2.53. The number of aliphatic hydroxyl groups is 3. The van der Waals surface area contributed by atoms with E-state index in [9.17, 15) is 20.1 Å². The zero-order valence-corrected chi connectivity index (χ0v) is 20.8. The van der Waals surface area contributed by atoms with Crippen LogP contribution < -0.4 is 0 Å². The molecule has 1 aliphatic rings. The van der Waals surface area contributed by atoms with Gasteiger partial charge in [-0.3, -0.25) is 4.79 Å². The molecule has 1 aliphatic heterocycles. The van der Waals surface area contributed by atoms with Crippen LogP contribution in [0.3, 0.4) is 0 Å². The molecular formula is C26H33Cl2NO4. The molecule has 0 aromatic heterocycles. The van der Waals surface area contributed by atoms with Gasteiger partial charge in [-0.25, -0.2) is 0 Å². The number of halogens is 2. The van der Waals surface area contributed by atoms with Crippen molar-refractivity contribution in [2.75, 3.05) is 6.61 Å². The fraction of sp³-hybridized carbons (Fsp3) is 0.500. The molecule has 0 radical (unpaired) electrons. The summed E-state index contributed by atoms with van der Waals surface area (Å²) >= 11 is 12.5. The molecule has 5 nitrogen and oxygen atoms in total. The van der Waals surface area contributed by atoms with Crippen molar-refractivity contribution in [2.24, 2.45) is 5.41 Å². The van der Waals surface area contributed by atoms with Crippen LogP contribution in [0.25, 0.3) is 0 Å². The summed E-state index contributed by atoms with van der Waals surface area (Å²) in [6, 6.07) is 14.3. The van der Waals surface area contributed by atoms with Gasteiger partial charge in [0.15, 0.2) is 0 Å². The zero-order valence-electron chi connectivity index (χ0n) is 19.3. The average molecular weight is 494 g/mol. The molecule has 0 saturated carbocycles. The number of piperidine rings is 1. The van der Waals surface area contributed by atoms with Crippen LogP contribution in [0.15, 0.2) is 48.5 Å². The van der Waals surface area contributed by atoms with E-state index in [1.807, 2.05) is 50.2 Å². The first kappa shape index (κ1) is 26.0. The summed E-state index contributed by atoms with van der Waals surface area (Å²) in [5.41, 5.74) is 0.965. The molecule has 2 aromatic carbocycles. The van der Waals surface area contributed by atoms with E-state index in [1.54, 1.807) is 24.0 Å². The molecule has 7 heteroatoms. The van der Waals surface area contributed by atoms with Gasteiger partial charge < -0.3 is 20.2 Å². The number of aliphatic hydroxyl groups excluding tert-OH is 3. The first-order valence-electron chi connectivity index (χ1n) is 11.4. The smallest absolute Gasteiger partial charge is 0.229 e. The number of rotatable bonds is 8. The minimum atomic E-state index is -1.01. The fourth-order valence-corrected chi connectivity index (χ4v) is 5.61. The number of hydrogen-bond donors (Lipinski definition) is 3. The molecule has 0 bridgehead atoms. The molecule has 1 unspecified atom stereocenters. The maximum atomic E-state index is 14.1. The molecule has 1 amide bonds. The summed E-state index contributed by atoms with van der Waals surface area (Å²) in [5, 5.41) is 31.7. The summed E-state index contributed by atoms with van der Waals surface area (Å²) in [5.74, 6) is -0.285. The Morgan fingerprint density at radius 3 is 2.30 bits per heavy atom. The molecule has 0 spiro atoms. The molecule has 1 heterocycles. The molecular weight excluding hydrogens is 461 g/mol. The highest BCUT2D eigenvalue weighted by atomic mass is 35.5. The Morgan fingerprint density at radius 2 is 1.76 bits per heavy atom. The zero-order chi connectivity index (χ0) is 24.3. The van der Waals surface area contributed by atoms with E-state index in [0.29, 0.717) is 22.9 Å². The van der Waals surface area contributed by atoms with Crippen LogP contribution in [0.2, 0.25) is 10.0 Å². The minimum Gasteiger partial charge on any atom is -0.394 e. The number of likely N-dealkylation sites (tertiary alicyclic amines) is 1. The Kier molecular flexibility index (Phi) is 8.46. The van der Waals surface area contributed by atoms with Crippen molar-refractivity contribution in [3.8, 4) is 0 Å². The van der Waals surface area contributed by atoms with Gasteiger partial charge in [-0.15, -0.1) is 0 Å². The van der Waals surface area contributed by atoms with Crippen LogP contribution in [0.5, 0.6) is 0 Å². The van der Waals surface area contributed by atoms with E-state index < -0.39 is 30.3 Å². The van der Waals surface area contributed by atoms with Gasteiger partial charge in [-0.1, -0.05) is 61.3 Å². The van der Waals surface area contributed by atoms with E-state index in [2.05, 4.69) is 0 Å². The van der Waals surface area contributed by atoms with Crippen molar-refractivity contribution in [1.29, 1.82) is 0 Å². The summed E-state index contributed by atoms with van der Waals surface area (Å²) in [6.07, 6.45) is -0.615. The van der Waals surface area contributed by atoms with Crippen LogP contribution >= 0.6 is 23.2 Å². The van der Waals surface area contributed by atoms with Crippen LogP contribution in [-0.4, -0.2) is 51.0 Å². The second-order valence-corrected chi connectivity index (χ2v) is 10.3. The van der Waals surface area contributed by atoms with Gasteiger partial charge in [0.1, 0.15) is 0 Å². The van der Waals surface area contributed by atoms with E-state index in [4.69, 9.17) is 23.2 Å². The third kappa shape index (κ3) is 5.55. The highest BCUT2D eigenvalue weighted by Gasteiger charge is 2.52. The largest absolute Gasteiger partial charge is 0.394 e. The maximum absolute atomic E-state index is 14.1. The molecule has 33 heavy (non-hydrogen) atoms. The Balaban J connectivity index is 2.23. The normalized spacial score (nSPS) is 26.2. The van der Waals surface area contributed by atoms with Gasteiger partial charge in [0, 0.05) is 21.4 Å². The Hall–Kier alpha value is -1.63. The van der Waals surface area contributed by atoms with Gasteiger partial charge in [0.05, 0.1) is 30.9 Å². The molecule has 3 rings (SSSR count). The summed E-state index contributed by atoms with van der Waals surface area (Å²) in [4.78, 5) is 15.9. The summed E-state index contributed by atoms with van der Waals surface area (Å²) < 4.78 is 0. The number of hydrogen-bond acceptors (Lipinski definition) is 4. The second kappa shape index (κ2) is 10.7. The molecule has 180 valence electrons. The predicted octanol–water partition coefficient (Wildman–Crippen LogP) is 4.96. The van der Waals surface area contributed by atoms with E-state index in [0.717, 1.165) is 11.1 Å². The van der Waals surface area contributed by atoms with Gasteiger partial charge >= 0.3 is 0 Å². The SMILES string of the molecule is CC[C@@H]([C@H](C)O)N1C(=O)[C@@](C)(C[C@@H](O)CO)CC(c2cccc(Cl)c2)[C@H]1c1ccc(Cl)cc1. The number of carbonyl (C=O) groups is 1. The second-order valence-electron chi connectivity index (χ2n) is 9.39. The van der Waals surface area contributed by atoms with Crippen LogP contribution in [0, 0.1) is 5.41 Å². The molecule has 2 aromatic rings. The van der Waals surface area contributed by atoms with Crippen molar-refractivity contribution in [1.82, 2.24) is 4.90 Å². The summed E-state index contributed by atoms with van der Waals surface area (Å²) in [6.45, 7) is 5.07. The monoisotopic (exact) mass is 493 g/mol. The van der Waals surface area contributed by atoms with Gasteiger partial charge in [0.2, 0.25) is 5.91 Å². The molecule has 1 saturated heterocycles. The maximum Gasteiger partial charge on any atom is 0.229 e. The topological polar surface area (TPSA) is 81.0 Å². The van der Waals surface area contributed by atoms with Crippen LogP contribution in [-0.2, 0) is 4.79 Å². The first-order valence-corrected chi connectivity index (χ1v) is 12.2.